The summed E-state index contributed by atoms with van der Waals surface area (Å²) in [6.45, 7) is 2.83. The molecule has 1 aromatic heterocycles. The number of para-hydroxylation sites is 1. The first-order valence-corrected chi connectivity index (χ1v) is 10.1. The van der Waals surface area contributed by atoms with Crippen LogP contribution in [-0.4, -0.2) is 72.0 Å². The van der Waals surface area contributed by atoms with Gasteiger partial charge in [0.15, 0.2) is 0 Å². The number of rotatable bonds is 7. The maximum Gasteiger partial charge on any atom is 0.227 e. The van der Waals surface area contributed by atoms with Gasteiger partial charge in [0.2, 0.25) is 16.0 Å². The number of benzene rings is 1. The molecule has 0 amide bonds. The van der Waals surface area contributed by atoms with Crippen LogP contribution in [0.1, 0.15) is 5.56 Å². The van der Waals surface area contributed by atoms with Gasteiger partial charge in [0.1, 0.15) is 0 Å². The SMILES string of the molecule is O=S(=O)(Cc1ccccc1Nc1ncccn1)N1CCN(CCO)CC1. The molecule has 1 saturated heterocycles. The maximum absolute atomic E-state index is 12.8. The lowest BCUT2D eigenvalue weighted by molar-refractivity contribution is 0.151. The van der Waals surface area contributed by atoms with Gasteiger partial charge in [0.05, 0.1) is 12.4 Å². The van der Waals surface area contributed by atoms with Crippen LogP contribution in [0.4, 0.5) is 11.6 Å². The van der Waals surface area contributed by atoms with E-state index in [1.165, 1.54) is 4.31 Å². The van der Waals surface area contributed by atoms with E-state index in [1.54, 1.807) is 24.5 Å². The lowest BCUT2D eigenvalue weighted by Crippen LogP contribution is -2.49. The summed E-state index contributed by atoms with van der Waals surface area (Å²) < 4.78 is 27.2. The molecule has 1 aliphatic rings. The predicted molar refractivity (Wildman–Crippen MR) is 99.5 cm³/mol. The average Bonchev–Trinajstić information content (AvgIpc) is 2.65. The van der Waals surface area contributed by atoms with Gasteiger partial charge in [-0.3, -0.25) is 4.90 Å². The number of β-amino-alcohol motifs (C(OH)–C–C–N with tert-alkyl or cyclic N) is 1. The minimum absolute atomic E-state index is 0.0804. The topological polar surface area (TPSA) is 98.7 Å². The minimum Gasteiger partial charge on any atom is -0.395 e. The molecule has 3 rings (SSSR count). The Morgan fingerprint density at radius 2 is 1.73 bits per heavy atom. The first kappa shape index (κ1) is 18.7. The van der Waals surface area contributed by atoms with E-state index in [9.17, 15) is 8.42 Å². The summed E-state index contributed by atoms with van der Waals surface area (Å²) in [6, 6.07) is 9.00. The number of hydrogen-bond acceptors (Lipinski definition) is 7. The highest BCUT2D eigenvalue weighted by atomic mass is 32.2. The molecule has 0 saturated carbocycles. The van der Waals surface area contributed by atoms with Crippen molar-refractivity contribution in [2.45, 2.75) is 5.75 Å². The third-order valence-corrected chi connectivity index (χ3v) is 6.14. The molecule has 9 heteroatoms. The van der Waals surface area contributed by atoms with Crippen molar-refractivity contribution in [2.75, 3.05) is 44.6 Å². The second-order valence-electron chi connectivity index (χ2n) is 6.08. The molecule has 26 heavy (non-hydrogen) atoms. The van der Waals surface area contributed by atoms with Crippen LogP contribution in [0, 0.1) is 0 Å². The number of nitrogens with zero attached hydrogens (tertiary/aromatic N) is 4. The van der Waals surface area contributed by atoms with Crippen LogP contribution in [0.15, 0.2) is 42.7 Å². The van der Waals surface area contributed by atoms with Crippen molar-refractivity contribution in [3.05, 3.63) is 48.3 Å². The molecule has 0 radical (unpaired) electrons. The van der Waals surface area contributed by atoms with Gasteiger partial charge in [-0.1, -0.05) is 18.2 Å². The largest absolute Gasteiger partial charge is 0.395 e. The molecule has 1 aromatic carbocycles. The molecule has 0 aliphatic carbocycles. The highest BCUT2D eigenvalue weighted by Gasteiger charge is 2.27. The van der Waals surface area contributed by atoms with E-state index >= 15 is 0 Å². The molecule has 0 bridgehead atoms. The summed E-state index contributed by atoms with van der Waals surface area (Å²) in [4.78, 5) is 10.3. The van der Waals surface area contributed by atoms with E-state index in [0.29, 0.717) is 49.9 Å². The Kier molecular flexibility index (Phi) is 6.15. The van der Waals surface area contributed by atoms with Gasteiger partial charge >= 0.3 is 0 Å². The van der Waals surface area contributed by atoms with Gasteiger partial charge in [-0.05, 0) is 17.7 Å². The first-order valence-electron chi connectivity index (χ1n) is 8.51. The zero-order valence-corrected chi connectivity index (χ0v) is 15.3. The van der Waals surface area contributed by atoms with Crippen molar-refractivity contribution in [2.24, 2.45) is 0 Å². The summed E-state index contributed by atoms with van der Waals surface area (Å²) in [5, 5.41) is 12.1. The maximum atomic E-state index is 12.8. The van der Waals surface area contributed by atoms with Gasteiger partial charge < -0.3 is 10.4 Å². The summed E-state index contributed by atoms with van der Waals surface area (Å²) in [5.74, 6) is 0.346. The molecule has 1 aliphatic heterocycles. The Bertz CT molecular complexity index is 808. The predicted octanol–water partition coefficient (Wildman–Crippen LogP) is 0.660. The molecule has 0 unspecified atom stereocenters. The minimum atomic E-state index is -3.43. The smallest absolute Gasteiger partial charge is 0.227 e. The van der Waals surface area contributed by atoms with E-state index in [-0.39, 0.29) is 12.4 Å². The fraction of sp³-hybridized carbons (Fsp3) is 0.412. The molecule has 0 atom stereocenters. The monoisotopic (exact) mass is 377 g/mol. The number of hydrogen-bond donors (Lipinski definition) is 2. The third-order valence-electron chi connectivity index (χ3n) is 4.31. The molecule has 2 N–H and O–H groups in total. The number of aliphatic hydroxyl groups excluding tert-OH is 1. The number of aromatic nitrogens is 2. The summed E-state index contributed by atoms with van der Waals surface area (Å²) in [5.41, 5.74) is 1.36. The Labute approximate surface area is 153 Å². The number of anilines is 2. The van der Waals surface area contributed by atoms with Gasteiger partial charge in [0, 0.05) is 50.8 Å². The lowest BCUT2D eigenvalue weighted by Gasteiger charge is -2.33. The molecular formula is C17H23N5O3S. The van der Waals surface area contributed by atoms with Crippen LogP contribution in [0.25, 0.3) is 0 Å². The van der Waals surface area contributed by atoms with Crippen LogP contribution in [0.3, 0.4) is 0 Å². The Balaban J connectivity index is 1.70. The molecule has 0 spiro atoms. The quantitative estimate of drug-likeness (QED) is 0.731. The Hall–Kier alpha value is -2.07. The van der Waals surface area contributed by atoms with E-state index in [1.807, 2.05) is 18.2 Å². The molecule has 140 valence electrons. The van der Waals surface area contributed by atoms with Crippen molar-refractivity contribution in [1.29, 1.82) is 0 Å². The van der Waals surface area contributed by atoms with Crippen molar-refractivity contribution in [3.63, 3.8) is 0 Å². The van der Waals surface area contributed by atoms with Crippen LogP contribution < -0.4 is 5.32 Å². The zero-order chi connectivity index (χ0) is 18.4. The summed E-state index contributed by atoms with van der Waals surface area (Å²) >= 11 is 0. The molecule has 8 nitrogen and oxygen atoms in total. The van der Waals surface area contributed by atoms with Crippen molar-refractivity contribution in [1.82, 2.24) is 19.2 Å². The second kappa shape index (κ2) is 8.54. The number of nitrogens with one attached hydrogen (secondary N) is 1. The number of piperazine rings is 1. The number of sulfonamides is 1. The van der Waals surface area contributed by atoms with Gasteiger partial charge in [-0.2, -0.15) is 4.31 Å². The summed E-state index contributed by atoms with van der Waals surface area (Å²) in [7, 11) is -3.43. The lowest BCUT2D eigenvalue weighted by atomic mass is 10.2. The van der Waals surface area contributed by atoms with E-state index in [4.69, 9.17) is 5.11 Å². The molecule has 2 aromatic rings. The molecule has 1 fully saturated rings. The second-order valence-corrected chi connectivity index (χ2v) is 8.04. The van der Waals surface area contributed by atoms with Crippen LogP contribution >= 0.6 is 0 Å². The van der Waals surface area contributed by atoms with E-state index in [2.05, 4.69) is 20.2 Å². The van der Waals surface area contributed by atoms with Crippen LogP contribution in [0.5, 0.6) is 0 Å². The molecule has 2 heterocycles. The highest BCUT2D eigenvalue weighted by molar-refractivity contribution is 7.88. The fourth-order valence-corrected chi connectivity index (χ4v) is 4.46. The summed E-state index contributed by atoms with van der Waals surface area (Å²) in [6.07, 6.45) is 3.25. The van der Waals surface area contributed by atoms with Crippen LogP contribution in [0.2, 0.25) is 0 Å². The Morgan fingerprint density at radius 3 is 2.42 bits per heavy atom. The fourth-order valence-electron chi connectivity index (χ4n) is 2.91. The van der Waals surface area contributed by atoms with Crippen molar-refractivity contribution in [3.8, 4) is 0 Å². The zero-order valence-electron chi connectivity index (χ0n) is 14.5. The van der Waals surface area contributed by atoms with Gasteiger partial charge in [-0.25, -0.2) is 18.4 Å². The average molecular weight is 377 g/mol. The third kappa shape index (κ3) is 4.76. The normalized spacial score (nSPS) is 16.5. The standard InChI is InChI=1S/C17H23N5O3S/c23-13-12-21-8-10-22(11-9-21)26(24,25)14-15-4-1-2-5-16(15)20-17-18-6-3-7-19-17/h1-7,23H,8-14H2,(H,18,19,20). The van der Waals surface area contributed by atoms with Gasteiger partial charge in [0.25, 0.3) is 0 Å². The highest BCUT2D eigenvalue weighted by Crippen LogP contribution is 2.22. The van der Waals surface area contributed by atoms with Gasteiger partial charge in [-0.15, -0.1) is 0 Å². The van der Waals surface area contributed by atoms with Crippen molar-refractivity contribution >= 4 is 21.7 Å². The van der Waals surface area contributed by atoms with Crippen molar-refractivity contribution < 1.29 is 13.5 Å². The number of aliphatic hydroxyl groups is 1. The molecular weight excluding hydrogens is 354 g/mol. The first-order chi connectivity index (χ1) is 12.6. The van der Waals surface area contributed by atoms with Crippen LogP contribution in [-0.2, 0) is 15.8 Å². The van der Waals surface area contributed by atoms with E-state index < -0.39 is 10.0 Å². The Morgan fingerprint density at radius 1 is 1.04 bits per heavy atom. The van der Waals surface area contributed by atoms with E-state index in [0.717, 1.165) is 0 Å².